The van der Waals surface area contributed by atoms with E-state index in [0.717, 1.165) is 6.20 Å². The van der Waals surface area contributed by atoms with Crippen LogP contribution in [0.3, 0.4) is 0 Å². The highest BCUT2D eigenvalue weighted by molar-refractivity contribution is 5.92. The molecule has 0 aliphatic carbocycles. The predicted molar refractivity (Wildman–Crippen MR) is 110 cm³/mol. The van der Waals surface area contributed by atoms with Gasteiger partial charge in [0.1, 0.15) is 11.5 Å². The van der Waals surface area contributed by atoms with Gasteiger partial charge in [-0.25, -0.2) is 10.8 Å². The maximum atomic E-state index is 12.3. The second-order valence-corrected chi connectivity index (χ2v) is 6.85. The summed E-state index contributed by atoms with van der Waals surface area (Å²) in [6.45, 7) is 0.742. The lowest BCUT2D eigenvalue weighted by Gasteiger charge is -2.20. The van der Waals surface area contributed by atoms with Crippen LogP contribution in [0.25, 0.3) is 11.0 Å². The van der Waals surface area contributed by atoms with Gasteiger partial charge in [0.25, 0.3) is 5.91 Å². The number of rotatable bonds is 11. The summed E-state index contributed by atoms with van der Waals surface area (Å²) in [6, 6.07) is 5.12. The molecule has 1 heterocycles. The topological polar surface area (TPSA) is 151 Å². The SMILES string of the molecule is COCCN(N)/C(=C\N)C(=O)NCc1nc2ccc(CNC(=O)CCC(F)(F)F)cc2[nH]1. The molecule has 0 spiro atoms. The first-order valence-corrected chi connectivity index (χ1v) is 9.65. The number of hydrogen-bond donors (Lipinski definition) is 5. The van der Waals surface area contributed by atoms with Gasteiger partial charge < -0.3 is 31.1 Å². The molecular weight excluding hydrogens is 431 g/mol. The molecule has 176 valence electrons. The van der Waals surface area contributed by atoms with E-state index in [-0.39, 0.29) is 25.3 Å². The molecule has 0 saturated heterocycles. The summed E-state index contributed by atoms with van der Waals surface area (Å²) in [4.78, 5) is 31.3. The number of benzene rings is 1. The van der Waals surface area contributed by atoms with Gasteiger partial charge in [0, 0.05) is 26.3 Å². The summed E-state index contributed by atoms with van der Waals surface area (Å²) in [5.41, 5.74) is 7.51. The Balaban J connectivity index is 1.92. The smallest absolute Gasteiger partial charge is 0.389 e. The number of amides is 2. The molecule has 0 aliphatic rings. The van der Waals surface area contributed by atoms with Gasteiger partial charge in [-0.15, -0.1) is 0 Å². The Bertz CT molecular complexity index is 959. The molecule has 0 aliphatic heterocycles. The molecule has 0 unspecified atom stereocenters. The molecular formula is C19H26F3N7O3. The van der Waals surface area contributed by atoms with Crippen molar-refractivity contribution in [3.63, 3.8) is 0 Å². The van der Waals surface area contributed by atoms with E-state index < -0.39 is 30.8 Å². The molecule has 1 aromatic heterocycles. The van der Waals surface area contributed by atoms with Crippen molar-refractivity contribution in [1.29, 1.82) is 0 Å². The van der Waals surface area contributed by atoms with E-state index in [4.69, 9.17) is 16.3 Å². The van der Waals surface area contributed by atoms with Gasteiger partial charge >= 0.3 is 6.18 Å². The zero-order valence-corrected chi connectivity index (χ0v) is 17.5. The zero-order valence-electron chi connectivity index (χ0n) is 17.5. The molecule has 0 saturated carbocycles. The Labute approximate surface area is 182 Å². The summed E-state index contributed by atoms with van der Waals surface area (Å²) in [5, 5.41) is 6.28. The normalized spacial score (nSPS) is 12.1. The number of carbonyl (C=O) groups is 2. The van der Waals surface area contributed by atoms with Crippen LogP contribution >= 0.6 is 0 Å². The first-order chi connectivity index (χ1) is 15.1. The lowest BCUT2D eigenvalue weighted by atomic mass is 10.2. The second-order valence-electron chi connectivity index (χ2n) is 6.85. The van der Waals surface area contributed by atoms with E-state index in [0.29, 0.717) is 29.0 Å². The van der Waals surface area contributed by atoms with Gasteiger partial charge in [0.2, 0.25) is 5.91 Å². The fourth-order valence-corrected chi connectivity index (χ4v) is 2.71. The standard InChI is InChI=1S/C19H26F3N7O3/c1-32-7-6-29(24)15(9-23)18(31)26-11-16-27-13-3-2-12(8-14(13)28-16)10-25-17(30)4-5-19(20,21)22/h2-3,8-9H,4-7,10-11,23-24H2,1H3,(H,25,30)(H,26,31)(H,27,28)/b15-9-. The number of hydrazine groups is 1. The monoisotopic (exact) mass is 457 g/mol. The van der Waals surface area contributed by atoms with Gasteiger partial charge in [0.15, 0.2) is 0 Å². The van der Waals surface area contributed by atoms with Gasteiger partial charge in [-0.2, -0.15) is 13.2 Å². The number of halogens is 3. The van der Waals surface area contributed by atoms with Crippen LogP contribution in [0.1, 0.15) is 24.2 Å². The highest BCUT2D eigenvalue weighted by Gasteiger charge is 2.27. The minimum absolute atomic E-state index is 0.0710. The van der Waals surface area contributed by atoms with E-state index in [2.05, 4.69) is 20.6 Å². The van der Waals surface area contributed by atoms with Crippen LogP contribution in [0.2, 0.25) is 0 Å². The highest BCUT2D eigenvalue weighted by Crippen LogP contribution is 2.21. The minimum Gasteiger partial charge on any atom is -0.403 e. The van der Waals surface area contributed by atoms with Crippen LogP contribution in [-0.4, -0.2) is 53.2 Å². The molecule has 0 radical (unpaired) electrons. The summed E-state index contributed by atoms with van der Waals surface area (Å²) < 4.78 is 41.5. The van der Waals surface area contributed by atoms with Gasteiger partial charge in [0.05, 0.1) is 37.2 Å². The van der Waals surface area contributed by atoms with Crippen LogP contribution < -0.4 is 22.2 Å². The maximum Gasteiger partial charge on any atom is 0.389 e. The average molecular weight is 457 g/mol. The minimum atomic E-state index is -4.37. The van der Waals surface area contributed by atoms with Crippen molar-refractivity contribution >= 4 is 22.8 Å². The molecule has 0 bridgehead atoms. The Kier molecular flexibility index (Phi) is 8.84. The van der Waals surface area contributed by atoms with Crippen LogP contribution in [0.5, 0.6) is 0 Å². The zero-order chi connectivity index (χ0) is 23.7. The maximum absolute atomic E-state index is 12.3. The van der Waals surface area contributed by atoms with E-state index in [1.165, 1.54) is 12.1 Å². The number of H-pyrrole nitrogens is 1. The van der Waals surface area contributed by atoms with Crippen LogP contribution in [-0.2, 0) is 27.4 Å². The van der Waals surface area contributed by atoms with E-state index >= 15 is 0 Å². The number of methoxy groups -OCH3 is 1. The molecule has 1 aromatic carbocycles. The third-order valence-electron chi connectivity index (χ3n) is 4.37. The number of ether oxygens (including phenoxy) is 1. The van der Waals surface area contributed by atoms with Crippen molar-refractivity contribution in [2.24, 2.45) is 11.6 Å². The molecule has 7 N–H and O–H groups in total. The number of aromatic nitrogens is 2. The molecule has 0 fully saturated rings. The number of imidazole rings is 1. The Morgan fingerprint density at radius 2 is 2.03 bits per heavy atom. The first-order valence-electron chi connectivity index (χ1n) is 9.65. The summed E-state index contributed by atoms with van der Waals surface area (Å²) in [6.07, 6.45) is -5.06. The lowest BCUT2D eigenvalue weighted by molar-refractivity contribution is -0.144. The number of nitrogens with one attached hydrogen (secondary N) is 3. The number of hydrogen-bond acceptors (Lipinski definition) is 7. The molecule has 32 heavy (non-hydrogen) atoms. The fraction of sp³-hybridized carbons (Fsp3) is 0.421. The third-order valence-corrected chi connectivity index (χ3v) is 4.37. The fourth-order valence-electron chi connectivity index (χ4n) is 2.71. The Morgan fingerprint density at radius 3 is 2.69 bits per heavy atom. The van der Waals surface area contributed by atoms with Crippen molar-refractivity contribution in [3.8, 4) is 0 Å². The Hall–Kier alpha value is -3.32. The lowest BCUT2D eigenvalue weighted by Crippen LogP contribution is -2.41. The molecule has 2 rings (SSSR count). The highest BCUT2D eigenvalue weighted by atomic mass is 19.4. The number of aromatic amines is 1. The first kappa shape index (κ1) is 24.9. The summed E-state index contributed by atoms with van der Waals surface area (Å²) in [5.74, 6) is 5.08. The number of fused-ring (bicyclic) bond motifs is 1. The molecule has 13 heteroatoms. The third kappa shape index (κ3) is 7.74. The van der Waals surface area contributed by atoms with Crippen molar-refractivity contribution in [3.05, 3.63) is 41.5 Å². The quantitative estimate of drug-likeness (QED) is 0.190. The summed E-state index contributed by atoms with van der Waals surface area (Å²) >= 11 is 0. The van der Waals surface area contributed by atoms with Gasteiger partial charge in [-0.1, -0.05) is 6.07 Å². The van der Waals surface area contributed by atoms with Crippen molar-refractivity contribution in [2.75, 3.05) is 20.3 Å². The number of carbonyl (C=O) groups excluding carboxylic acids is 2. The van der Waals surface area contributed by atoms with Crippen LogP contribution in [0, 0.1) is 0 Å². The summed E-state index contributed by atoms with van der Waals surface area (Å²) in [7, 11) is 1.51. The predicted octanol–water partition coefficient (Wildman–Crippen LogP) is 0.760. The second kappa shape index (κ2) is 11.3. The largest absolute Gasteiger partial charge is 0.403 e. The van der Waals surface area contributed by atoms with Crippen LogP contribution in [0.15, 0.2) is 30.1 Å². The average Bonchev–Trinajstić information content (AvgIpc) is 3.15. The van der Waals surface area contributed by atoms with E-state index in [1.807, 2.05) is 0 Å². The van der Waals surface area contributed by atoms with Gasteiger partial charge in [-0.3, -0.25) is 9.59 Å². The number of alkyl halides is 3. The number of nitrogens with zero attached hydrogens (tertiary/aromatic N) is 2. The van der Waals surface area contributed by atoms with Crippen molar-refractivity contribution < 1.29 is 27.5 Å². The van der Waals surface area contributed by atoms with Gasteiger partial charge in [-0.05, 0) is 17.7 Å². The molecule has 2 aromatic rings. The molecule has 0 atom stereocenters. The van der Waals surface area contributed by atoms with E-state index in [9.17, 15) is 22.8 Å². The molecule has 10 nitrogen and oxygen atoms in total. The van der Waals surface area contributed by atoms with Crippen molar-refractivity contribution in [1.82, 2.24) is 25.6 Å². The van der Waals surface area contributed by atoms with Crippen LogP contribution in [0.4, 0.5) is 13.2 Å². The van der Waals surface area contributed by atoms with E-state index in [1.54, 1.807) is 18.2 Å². The Morgan fingerprint density at radius 1 is 1.28 bits per heavy atom. The van der Waals surface area contributed by atoms with Crippen molar-refractivity contribution in [2.45, 2.75) is 32.1 Å². The molecule has 2 amide bonds. The number of nitrogens with two attached hydrogens (primary N) is 2.